The highest BCUT2D eigenvalue weighted by Crippen LogP contribution is 2.17. The summed E-state index contributed by atoms with van der Waals surface area (Å²) in [7, 11) is 0. The van der Waals surface area contributed by atoms with Gasteiger partial charge in [-0.15, -0.1) is 6.58 Å². The fourth-order valence-corrected chi connectivity index (χ4v) is 1.90. The summed E-state index contributed by atoms with van der Waals surface area (Å²) in [4.78, 5) is 15.3. The summed E-state index contributed by atoms with van der Waals surface area (Å²) in [6.45, 7) is 3.55. The fourth-order valence-electron chi connectivity index (χ4n) is 0.759. The van der Waals surface area contributed by atoms with Gasteiger partial charge in [-0.1, -0.05) is 17.8 Å². The van der Waals surface area contributed by atoms with E-state index in [0.717, 1.165) is 0 Å². The third-order valence-corrected chi connectivity index (χ3v) is 2.71. The Morgan fingerprint density at radius 3 is 3.14 bits per heavy atom. The van der Waals surface area contributed by atoms with Gasteiger partial charge in [0.15, 0.2) is 0 Å². The number of aromatic nitrogens is 2. The lowest BCUT2D eigenvalue weighted by molar-refractivity contribution is -0.116. The Balaban J connectivity index is 2.43. The van der Waals surface area contributed by atoms with Gasteiger partial charge in [-0.3, -0.25) is 4.79 Å². The maximum absolute atomic E-state index is 11.2. The van der Waals surface area contributed by atoms with E-state index >= 15 is 0 Å². The number of anilines is 1. The van der Waals surface area contributed by atoms with E-state index in [1.54, 1.807) is 6.08 Å². The van der Waals surface area contributed by atoms with Crippen molar-refractivity contribution in [3.05, 3.63) is 12.7 Å². The summed E-state index contributed by atoms with van der Waals surface area (Å²) in [5.41, 5.74) is 0. The van der Waals surface area contributed by atoms with Gasteiger partial charge in [0, 0.05) is 18.0 Å². The first-order valence-corrected chi connectivity index (χ1v) is 6.04. The molecule has 76 valence electrons. The molecule has 0 bridgehead atoms. The van der Waals surface area contributed by atoms with Crippen molar-refractivity contribution in [2.24, 2.45) is 0 Å². The largest absolute Gasteiger partial charge is 0.301 e. The van der Waals surface area contributed by atoms with Crippen LogP contribution in [0, 0.1) is 0 Å². The van der Waals surface area contributed by atoms with Gasteiger partial charge < -0.3 is 5.32 Å². The van der Waals surface area contributed by atoms with Gasteiger partial charge in [-0.2, -0.15) is 9.36 Å². The summed E-state index contributed by atoms with van der Waals surface area (Å²) in [5, 5.41) is 3.92. The fraction of sp³-hybridized carbons (Fsp3) is 0.375. The summed E-state index contributed by atoms with van der Waals surface area (Å²) in [6, 6.07) is 0. The van der Waals surface area contributed by atoms with Crippen molar-refractivity contribution in [3.63, 3.8) is 0 Å². The molecule has 1 heterocycles. The standard InChI is InChI=1S/C8H11N3OS2/c1-3-4-5-6(12)9-7-10-8(13-2)11-14-7/h3H,1,4-5H2,2H3,(H,9,10,11,12). The average Bonchev–Trinajstić information content (AvgIpc) is 2.62. The molecule has 0 saturated heterocycles. The summed E-state index contributed by atoms with van der Waals surface area (Å²) < 4.78 is 4.03. The van der Waals surface area contributed by atoms with Gasteiger partial charge in [0.05, 0.1) is 0 Å². The zero-order valence-electron chi connectivity index (χ0n) is 7.82. The molecule has 0 aliphatic rings. The van der Waals surface area contributed by atoms with Gasteiger partial charge >= 0.3 is 0 Å². The molecule has 0 spiro atoms. The van der Waals surface area contributed by atoms with Gasteiger partial charge in [0.1, 0.15) is 0 Å². The highest BCUT2D eigenvalue weighted by atomic mass is 32.2. The van der Waals surface area contributed by atoms with Crippen LogP contribution in [0.2, 0.25) is 0 Å². The van der Waals surface area contributed by atoms with Gasteiger partial charge in [-0.05, 0) is 12.7 Å². The highest BCUT2D eigenvalue weighted by molar-refractivity contribution is 7.98. The van der Waals surface area contributed by atoms with Crippen molar-refractivity contribution >= 4 is 34.3 Å². The van der Waals surface area contributed by atoms with E-state index in [-0.39, 0.29) is 5.91 Å². The van der Waals surface area contributed by atoms with Crippen LogP contribution in [0.25, 0.3) is 0 Å². The molecule has 1 N–H and O–H groups in total. The second kappa shape index (κ2) is 5.77. The summed E-state index contributed by atoms with van der Waals surface area (Å²) in [6.07, 6.45) is 4.73. The van der Waals surface area contributed by atoms with Gasteiger partial charge in [-0.25, -0.2) is 0 Å². The Kier molecular flexibility index (Phi) is 4.61. The maximum Gasteiger partial charge on any atom is 0.226 e. The normalized spacial score (nSPS) is 9.79. The molecule has 14 heavy (non-hydrogen) atoms. The Morgan fingerprint density at radius 2 is 2.57 bits per heavy atom. The Hall–Kier alpha value is -0.880. The predicted molar refractivity (Wildman–Crippen MR) is 59.8 cm³/mol. The smallest absolute Gasteiger partial charge is 0.226 e. The third-order valence-electron chi connectivity index (χ3n) is 1.41. The molecule has 4 nitrogen and oxygen atoms in total. The molecular formula is C8H11N3OS2. The molecule has 1 rings (SSSR count). The molecule has 0 unspecified atom stereocenters. The lowest BCUT2D eigenvalue weighted by atomic mass is 10.3. The molecule has 0 aliphatic carbocycles. The Labute approximate surface area is 91.0 Å². The minimum Gasteiger partial charge on any atom is -0.301 e. The monoisotopic (exact) mass is 229 g/mol. The lowest BCUT2D eigenvalue weighted by Gasteiger charge is -1.97. The van der Waals surface area contributed by atoms with Crippen molar-refractivity contribution in [2.45, 2.75) is 18.0 Å². The summed E-state index contributed by atoms with van der Waals surface area (Å²) >= 11 is 2.65. The van der Waals surface area contributed by atoms with Crippen LogP contribution >= 0.6 is 23.3 Å². The van der Waals surface area contributed by atoms with Crippen molar-refractivity contribution in [2.75, 3.05) is 11.6 Å². The van der Waals surface area contributed by atoms with E-state index in [4.69, 9.17) is 0 Å². The van der Waals surface area contributed by atoms with Crippen LogP contribution in [0.1, 0.15) is 12.8 Å². The first-order chi connectivity index (χ1) is 6.76. The van der Waals surface area contributed by atoms with Crippen molar-refractivity contribution < 1.29 is 4.79 Å². The molecule has 0 aromatic carbocycles. The van der Waals surface area contributed by atoms with E-state index in [9.17, 15) is 4.79 Å². The number of carbonyl (C=O) groups excluding carboxylic acids is 1. The molecule has 1 aromatic rings. The van der Waals surface area contributed by atoms with Crippen LogP contribution in [0.4, 0.5) is 5.13 Å². The minimum absolute atomic E-state index is 0.0475. The number of hydrogen-bond donors (Lipinski definition) is 1. The molecule has 0 atom stereocenters. The van der Waals surface area contributed by atoms with Crippen LogP contribution < -0.4 is 5.32 Å². The second-order valence-electron chi connectivity index (χ2n) is 2.46. The van der Waals surface area contributed by atoms with E-state index < -0.39 is 0 Å². The Morgan fingerprint density at radius 1 is 1.79 bits per heavy atom. The van der Waals surface area contributed by atoms with Crippen molar-refractivity contribution in [3.8, 4) is 0 Å². The lowest BCUT2D eigenvalue weighted by Crippen LogP contribution is -2.10. The van der Waals surface area contributed by atoms with E-state index in [2.05, 4.69) is 21.3 Å². The maximum atomic E-state index is 11.2. The topological polar surface area (TPSA) is 54.9 Å². The first-order valence-electron chi connectivity index (χ1n) is 4.04. The SMILES string of the molecule is C=CCCC(=O)Nc1nc(SC)ns1. The molecular weight excluding hydrogens is 218 g/mol. The van der Waals surface area contributed by atoms with Crippen LogP contribution in [-0.4, -0.2) is 21.5 Å². The number of nitrogens with one attached hydrogen (secondary N) is 1. The van der Waals surface area contributed by atoms with Gasteiger partial charge in [0.2, 0.25) is 16.2 Å². The molecule has 0 saturated carbocycles. The number of hydrogen-bond acceptors (Lipinski definition) is 5. The van der Waals surface area contributed by atoms with E-state index in [0.29, 0.717) is 23.1 Å². The predicted octanol–water partition coefficient (Wildman–Crippen LogP) is 2.16. The third kappa shape index (κ3) is 3.47. The number of allylic oxidation sites excluding steroid dienone is 1. The van der Waals surface area contributed by atoms with Crippen molar-refractivity contribution in [1.29, 1.82) is 0 Å². The minimum atomic E-state index is -0.0475. The zero-order valence-corrected chi connectivity index (χ0v) is 9.45. The molecule has 0 aliphatic heterocycles. The number of carbonyl (C=O) groups is 1. The van der Waals surface area contributed by atoms with Crippen LogP contribution in [-0.2, 0) is 4.79 Å². The van der Waals surface area contributed by atoms with Crippen LogP contribution in [0.5, 0.6) is 0 Å². The number of rotatable bonds is 5. The zero-order chi connectivity index (χ0) is 10.4. The van der Waals surface area contributed by atoms with Crippen LogP contribution in [0.15, 0.2) is 17.8 Å². The molecule has 1 aromatic heterocycles. The van der Waals surface area contributed by atoms with E-state index in [1.807, 2.05) is 6.26 Å². The quantitative estimate of drug-likeness (QED) is 0.621. The van der Waals surface area contributed by atoms with Crippen molar-refractivity contribution in [1.82, 2.24) is 9.36 Å². The summed E-state index contributed by atoms with van der Waals surface area (Å²) in [5.74, 6) is -0.0475. The molecule has 6 heteroatoms. The average molecular weight is 229 g/mol. The number of nitrogens with zero attached hydrogens (tertiary/aromatic N) is 2. The van der Waals surface area contributed by atoms with Gasteiger partial charge in [0.25, 0.3) is 0 Å². The molecule has 0 fully saturated rings. The molecule has 1 amide bonds. The highest BCUT2D eigenvalue weighted by Gasteiger charge is 2.06. The molecule has 0 radical (unpaired) electrons. The number of thioether (sulfide) groups is 1. The first kappa shape index (κ1) is 11.2. The number of amides is 1. The second-order valence-corrected chi connectivity index (χ2v) is 3.99. The van der Waals surface area contributed by atoms with Crippen LogP contribution in [0.3, 0.4) is 0 Å². The van der Waals surface area contributed by atoms with E-state index in [1.165, 1.54) is 23.3 Å². The Bertz CT molecular complexity index is 324.